The molecule has 4 aliphatic rings. The molecule has 0 aromatic carbocycles. The summed E-state index contributed by atoms with van der Waals surface area (Å²) in [6, 6.07) is 3.33. The van der Waals surface area contributed by atoms with Gasteiger partial charge in [0.25, 0.3) is 5.24 Å². The van der Waals surface area contributed by atoms with Crippen molar-refractivity contribution in [3.63, 3.8) is 0 Å². The highest BCUT2D eigenvalue weighted by atomic mass is 32.2. The van der Waals surface area contributed by atoms with Crippen LogP contribution in [-0.4, -0.2) is 57.5 Å². The number of rotatable bonds is 2. The Bertz CT molecular complexity index is 1260. The third-order valence-corrected chi connectivity index (χ3v) is 10.7. The van der Waals surface area contributed by atoms with Crippen LogP contribution in [0.5, 0.6) is 0 Å². The van der Waals surface area contributed by atoms with Crippen LogP contribution in [0.1, 0.15) is 45.8 Å². The molecule has 1 amide bonds. The molecule has 0 aliphatic heterocycles. The minimum absolute atomic E-state index is 0.0201. The van der Waals surface area contributed by atoms with Crippen molar-refractivity contribution in [3.05, 3.63) is 66.7 Å². The predicted octanol–water partition coefficient (Wildman–Crippen LogP) is 6.90. The lowest BCUT2D eigenvalue weighted by Crippen LogP contribution is -2.68. The normalized spacial score (nSPS) is 39.6. The fourth-order valence-corrected chi connectivity index (χ4v) is 8.81. The lowest BCUT2D eigenvalue weighted by molar-refractivity contribution is -0.201. The number of hydrogen-bond donors (Lipinski definition) is 2. The molecule has 0 bridgehead atoms. The number of aliphatic hydroxyl groups excluding tert-OH is 2. The minimum atomic E-state index is -2.03. The van der Waals surface area contributed by atoms with E-state index in [0.29, 0.717) is 35.1 Å². The number of nitrogens with zero attached hydrogens (tertiary/aromatic N) is 1. The number of thioether (sulfide) groups is 1. The smallest absolute Gasteiger partial charge is 0.288 e. The summed E-state index contributed by atoms with van der Waals surface area (Å²) >= 11 is 0.680. The molecule has 1 aromatic heterocycles. The molecule has 0 saturated heterocycles. The first-order valence-electron chi connectivity index (χ1n) is 13.5. The Labute approximate surface area is 238 Å². The van der Waals surface area contributed by atoms with Crippen LogP contribution in [0.25, 0.3) is 5.76 Å². The zero-order valence-electron chi connectivity index (χ0n) is 23.7. The molecule has 6 nitrogen and oxygen atoms in total. The SMILES string of the molecule is C=C(O)c1ccco1.C=C1C=CC2(C)C(=C1)[C@@H](F)CC1C3C[C@@H](C)C(C(=O)SC(=O)N(C)C)C3(C)CC(O)[C@@]12F. The van der Waals surface area contributed by atoms with Crippen LogP contribution < -0.4 is 0 Å². The molecule has 0 spiro atoms. The van der Waals surface area contributed by atoms with Crippen LogP contribution in [0, 0.1) is 34.5 Å². The first kappa shape index (κ1) is 30.3. The van der Waals surface area contributed by atoms with E-state index in [1.807, 2.05) is 13.8 Å². The lowest BCUT2D eigenvalue weighted by Gasteiger charge is -2.62. The van der Waals surface area contributed by atoms with E-state index in [4.69, 9.17) is 9.52 Å². The molecule has 6 unspecified atom stereocenters. The monoisotopic (exact) mass is 575 g/mol. The van der Waals surface area contributed by atoms with Gasteiger partial charge in [-0.2, -0.15) is 0 Å². The van der Waals surface area contributed by atoms with Gasteiger partial charge in [-0.3, -0.25) is 9.59 Å². The zero-order valence-corrected chi connectivity index (χ0v) is 24.5. The number of carbonyl (C=O) groups is 2. The Hall–Kier alpha value is -2.65. The van der Waals surface area contributed by atoms with Crippen LogP contribution in [0.3, 0.4) is 0 Å². The molecule has 1 heterocycles. The van der Waals surface area contributed by atoms with Gasteiger partial charge in [0.15, 0.2) is 17.2 Å². The van der Waals surface area contributed by atoms with Crippen molar-refractivity contribution >= 4 is 27.9 Å². The van der Waals surface area contributed by atoms with Gasteiger partial charge in [-0.25, -0.2) is 8.78 Å². The second-order valence-electron chi connectivity index (χ2n) is 12.3. The van der Waals surface area contributed by atoms with Crippen LogP contribution in [0.15, 0.2) is 65.3 Å². The summed E-state index contributed by atoms with van der Waals surface area (Å²) in [7, 11) is 3.18. The van der Waals surface area contributed by atoms with E-state index in [0.717, 1.165) is 0 Å². The van der Waals surface area contributed by atoms with E-state index >= 15 is 8.78 Å². The number of carbonyl (C=O) groups excluding carboxylic acids is 2. The second kappa shape index (κ2) is 10.6. The van der Waals surface area contributed by atoms with Gasteiger partial charge >= 0.3 is 0 Å². The highest BCUT2D eigenvalue weighted by Crippen LogP contribution is 2.70. The average molecular weight is 576 g/mol. The van der Waals surface area contributed by atoms with Gasteiger partial charge in [-0.15, -0.1) is 0 Å². The highest BCUT2D eigenvalue weighted by Gasteiger charge is 2.73. The predicted molar refractivity (Wildman–Crippen MR) is 153 cm³/mol. The molecule has 3 saturated carbocycles. The number of aliphatic hydroxyl groups is 2. The van der Waals surface area contributed by atoms with Crippen molar-refractivity contribution in [1.82, 2.24) is 4.90 Å². The van der Waals surface area contributed by atoms with Crippen LogP contribution in [0.4, 0.5) is 13.6 Å². The summed E-state index contributed by atoms with van der Waals surface area (Å²) in [5.74, 6) is -1.17. The number of halogens is 2. The van der Waals surface area contributed by atoms with Crippen molar-refractivity contribution in [2.45, 2.75) is 58.0 Å². The molecule has 3 fully saturated rings. The van der Waals surface area contributed by atoms with Gasteiger partial charge in [-0.05, 0) is 66.7 Å². The summed E-state index contributed by atoms with van der Waals surface area (Å²) in [5.41, 5.74) is -3.03. The molecule has 218 valence electrons. The third kappa shape index (κ3) is 4.69. The first-order valence-corrected chi connectivity index (χ1v) is 14.4. The highest BCUT2D eigenvalue weighted by molar-refractivity contribution is 8.26. The molecule has 2 N–H and O–H groups in total. The lowest BCUT2D eigenvalue weighted by atomic mass is 9.45. The van der Waals surface area contributed by atoms with Crippen molar-refractivity contribution in [2.24, 2.45) is 34.5 Å². The molecule has 5 rings (SSSR count). The standard InChI is InChI=1S/C25H33F2NO3S.C6H6O2/c1-13-7-8-24(4)17(9-13)18(26)11-16-15-10-14(2)20(21(30)32-22(31)28(5)6)23(15,3)12-19(29)25(16,24)27;1-5(7)6-3-2-4-8-6/h7-9,14-16,18-20,29H,1,10-12H2,2-6H3;2-4,7H,1H2/t14-,15?,16?,18+,19?,20?,23?,24?,25+;/m1./s1. The van der Waals surface area contributed by atoms with E-state index < -0.39 is 40.6 Å². The molecular formula is C31H39F2NO5S. The minimum Gasteiger partial charge on any atom is -0.505 e. The Morgan fingerprint density at radius 1 is 1.23 bits per heavy atom. The number of alkyl halides is 2. The van der Waals surface area contributed by atoms with E-state index in [1.165, 1.54) is 11.2 Å². The maximum atomic E-state index is 17.1. The average Bonchev–Trinajstić information content (AvgIpc) is 3.49. The van der Waals surface area contributed by atoms with E-state index in [-0.39, 0.29) is 40.8 Å². The van der Waals surface area contributed by atoms with Gasteiger partial charge in [0.1, 0.15) is 6.17 Å². The Kier molecular flexibility index (Phi) is 8.06. The van der Waals surface area contributed by atoms with Crippen molar-refractivity contribution < 1.29 is 33.0 Å². The van der Waals surface area contributed by atoms with Crippen molar-refractivity contribution in [3.8, 4) is 0 Å². The number of allylic oxidation sites excluding steroid dienone is 5. The third-order valence-electron chi connectivity index (χ3n) is 9.67. The topological polar surface area (TPSA) is 91.0 Å². The van der Waals surface area contributed by atoms with Crippen molar-refractivity contribution in [2.75, 3.05) is 14.1 Å². The van der Waals surface area contributed by atoms with Gasteiger partial charge in [0, 0.05) is 43.1 Å². The van der Waals surface area contributed by atoms with E-state index in [1.54, 1.807) is 51.4 Å². The molecule has 9 heteroatoms. The summed E-state index contributed by atoms with van der Waals surface area (Å²) in [5, 5.41) is 19.4. The van der Waals surface area contributed by atoms with Crippen LogP contribution in [-0.2, 0) is 4.79 Å². The van der Waals surface area contributed by atoms with Gasteiger partial charge in [0.2, 0.25) is 5.12 Å². The Morgan fingerprint density at radius 2 is 1.90 bits per heavy atom. The second-order valence-corrected chi connectivity index (χ2v) is 13.3. The van der Waals surface area contributed by atoms with E-state index in [9.17, 15) is 14.7 Å². The van der Waals surface area contributed by atoms with Crippen LogP contribution >= 0.6 is 11.8 Å². The fourth-order valence-electron chi connectivity index (χ4n) is 7.83. The maximum Gasteiger partial charge on any atom is 0.288 e. The zero-order chi connectivity index (χ0) is 29.8. The summed E-state index contributed by atoms with van der Waals surface area (Å²) in [6.45, 7) is 12.7. The van der Waals surface area contributed by atoms with Crippen molar-refractivity contribution in [1.29, 1.82) is 0 Å². The quantitative estimate of drug-likeness (QED) is 0.373. The maximum absolute atomic E-state index is 17.1. The molecule has 1 aromatic rings. The summed E-state index contributed by atoms with van der Waals surface area (Å²) in [4.78, 5) is 26.7. The fraction of sp³-hybridized carbons (Fsp3) is 0.548. The molecule has 0 radical (unpaired) electrons. The summed E-state index contributed by atoms with van der Waals surface area (Å²) in [6.07, 6.45) is 4.46. The number of hydrogen-bond acceptors (Lipinski definition) is 6. The van der Waals surface area contributed by atoms with Gasteiger partial charge in [-0.1, -0.05) is 45.2 Å². The Balaban J connectivity index is 0.000000398. The van der Waals surface area contributed by atoms with Gasteiger partial charge in [0.05, 0.1) is 12.4 Å². The first-order chi connectivity index (χ1) is 18.6. The number of furan rings is 1. The number of fused-ring (bicyclic) bond motifs is 5. The molecular weight excluding hydrogens is 536 g/mol. The van der Waals surface area contributed by atoms with Crippen LogP contribution in [0.2, 0.25) is 0 Å². The molecule has 4 aliphatic carbocycles. The molecule has 9 atom stereocenters. The van der Waals surface area contributed by atoms with Gasteiger partial charge < -0.3 is 19.5 Å². The summed E-state index contributed by atoms with van der Waals surface area (Å²) < 4.78 is 37.4. The molecule has 40 heavy (non-hydrogen) atoms. The number of amides is 1. The van der Waals surface area contributed by atoms with E-state index in [2.05, 4.69) is 13.2 Å². The Morgan fingerprint density at radius 3 is 2.45 bits per heavy atom. The largest absolute Gasteiger partial charge is 0.505 e.